The third kappa shape index (κ3) is 3.25. The van der Waals surface area contributed by atoms with Crippen LogP contribution in [0.25, 0.3) is 0 Å². The van der Waals surface area contributed by atoms with Crippen molar-refractivity contribution in [3.05, 3.63) is 28.2 Å². The average molecular weight is 313 g/mol. The summed E-state index contributed by atoms with van der Waals surface area (Å²) in [5.74, 6) is 0. The molecule has 0 aromatic heterocycles. The standard InChI is InChI=1S/C14H21BrN2O/c1-10-8-17(9-11(2)18-10)14-6-13(15)5-4-12(14)7-16-3/h4-6,10-11,16H,7-9H2,1-3H3. The normalized spacial score (nSPS) is 24.3. The molecule has 0 spiro atoms. The van der Waals surface area contributed by atoms with Crippen molar-refractivity contribution in [2.24, 2.45) is 0 Å². The number of nitrogens with zero attached hydrogens (tertiary/aromatic N) is 1. The molecular weight excluding hydrogens is 292 g/mol. The van der Waals surface area contributed by atoms with Crippen molar-refractivity contribution in [3.63, 3.8) is 0 Å². The van der Waals surface area contributed by atoms with Crippen molar-refractivity contribution < 1.29 is 4.74 Å². The molecule has 0 radical (unpaired) electrons. The minimum atomic E-state index is 0.287. The molecule has 1 aliphatic rings. The Morgan fingerprint density at radius 2 is 2.00 bits per heavy atom. The number of nitrogens with one attached hydrogen (secondary N) is 1. The van der Waals surface area contributed by atoms with Crippen LogP contribution in [0.1, 0.15) is 19.4 Å². The van der Waals surface area contributed by atoms with E-state index in [0.29, 0.717) is 0 Å². The van der Waals surface area contributed by atoms with Crippen LogP contribution < -0.4 is 10.2 Å². The molecule has 1 N–H and O–H groups in total. The molecule has 0 saturated carbocycles. The number of hydrogen-bond donors (Lipinski definition) is 1. The van der Waals surface area contributed by atoms with Gasteiger partial charge in [-0.25, -0.2) is 0 Å². The highest BCUT2D eigenvalue weighted by Crippen LogP contribution is 2.28. The molecule has 3 nitrogen and oxygen atoms in total. The highest BCUT2D eigenvalue weighted by Gasteiger charge is 2.23. The first-order chi connectivity index (χ1) is 8.60. The first kappa shape index (κ1) is 13.8. The van der Waals surface area contributed by atoms with Crippen molar-refractivity contribution in [1.82, 2.24) is 5.32 Å². The van der Waals surface area contributed by atoms with E-state index < -0.39 is 0 Å². The first-order valence-corrected chi connectivity index (χ1v) is 7.23. The minimum absolute atomic E-state index is 0.287. The van der Waals surface area contributed by atoms with Gasteiger partial charge in [0.15, 0.2) is 0 Å². The maximum atomic E-state index is 5.80. The third-order valence-corrected chi connectivity index (χ3v) is 3.67. The summed E-state index contributed by atoms with van der Waals surface area (Å²) in [6.45, 7) is 7.08. The molecule has 1 aromatic rings. The molecule has 1 heterocycles. The van der Waals surface area contributed by atoms with Gasteiger partial charge in [0, 0.05) is 29.8 Å². The summed E-state index contributed by atoms with van der Waals surface area (Å²) in [5.41, 5.74) is 2.64. The second kappa shape index (κ2) is 6.04. The number of morpholine rings is 1. The number of anilines is 1. The van der Waals surface area contributed by atoms with Crippen molar-refractivity contribution in [2.75, 3.05) is 25.0 Å². The lowest BCUT2D eigenvalue weighted by Crippen LogP contribution is -2.46. The molecule has 1 aliphatic heterocycles. The van der Waals surface area contributed by atoms with Gasteiger partial charge >= 0.3 is 0 Å². The maximum absolute atomic E-state index is 5.80. The zero-order valence-corrected chi connectivity index (χ0v) is 12.8. The average Bonchev–Trinajstić information content (AvgIpc) is 2.30. The predicted molar refractivity (Wildman–Crippen MR) is 79.1 cm³/mol. The summed E-state index contributed by atoms with van der Waals surface area (Å²) in [6.07, 6.45) is 0.574. The molecule has 2 unspecified atom stereocenters. The van der Waals surface area contributed by atoms with Gasteiger partial charge in [0.1, 0.15) is 0 Å². The Hall–Kier alpha value is -0.580. The van der Waals surface area contributed by atoms with E-state index in [1.807, 2.05) is 7.05 Å². The van der Waals surface area contributed by atoms with Gasteiger partial charge in [-0.2, -0.15) is 0 Å². The fourth-order valence-corrected chi connectivity index (χ4v) is 2.89. The highest BCUT2D eigenvalue weighted by atomic mass is 79.9. The Morgan fingerprint density at radius 1 is 1.33 bits per heavy atom. The SMILES string of the molecule is CNCc1ccc(Br)cc1N1CC(C)OC(C)C1. The van der Waals surface area contributed by atoms with Gasteiger partial charge in [0.25, 0.3) is 0 Å². The van der Waals surface area contributed by atoms with E-state index in [0.717, 1.165) is 24.1 Å². The lowest BCUT2D eigenvalue weighted by molar-refractivity contribution is -0.00526. The number of halogens is 1. The molecule has 4 heteroatoms. The van der Waals surface area contributed by atoms with E-state index in [1.54, 1.807) is 0 Å². The summed E-state index contributed by atoms with van der Waals surface area (Å²) in [4.78, 5) is 2.43. The van der Waals surface area contributed by atoms with Gasteiger partial charge in [0.05, 0.1) is 12.2 Å². The highest BCUT2D eigenvalue weighted by molar-refractivity contribution is 9.10. The number of ether oxygens (including phenoxy) is 1. The van der Waals surface area contributed by atoms with Crippen molar-refractivity contribution in [3.8, 4) is 0 Å². The first-order valence-electron chi connectivity index (χ1n) is 6.43. The number of rotatable bonds is 3. The molecule has 2 rings (SSSR count). The van der Waals surface area contributed by atoms with E-state index in [2.05, 4.69) is 58.2 Å². The molecular formula is C14H21BrN2O. The Kier molecular flexibility index (Phi) is 4.65. The maximum Gasteiger partial charge on any atom is 0.0726 e. The van der Waals surface area contributed by atoms with Gasteiger partial charge in [-0.15, -0.1) is 0 Å². The second-order valence-electron chi connectivity index (χ2n) is 4.97. The third-order valence-electron chi connectivity index (χ3n) is 3.17. The lowest BCUT2D eigenvalue weighted by Gasteiger charge is -2.38. The minimum Gasteiger partial charge on any atom is -0.372 e. The van der Waals surface area contributed by atoms with Gasteiger partial charge in [0.2, 0.25) is 0 Å². The zero-order chi connectivity index (χ0) is 13.1. The van der Waals surface area contributed by atoms with E-state index in [1.165, 1.54) is 11.3 Å². The van der Waals surface area contributed by atoms with Crippen molar-refractivity contribution in [2.45, 2.75) is 32.6 Å². The Bertz CT molecular complexity index is 401. The van der Waals surface area contributed by atoms with Gasteiger partial charge in [-0.05, 0) is 38.6 Å². The molecule has 1 fully saturated rings. The summed E-state index contributed by atoms with van der Waals surface area (Å²) in [6, 6.07) is 6.49. The molecule has 0 amide bonds. The molecule has 1 aromatic carbocycles. The van der Waals surface area contributed by atoms with E-state index in [-0.39, 0.29) is 12.2 Å². The van der Waals surface area contributed by atoms with Crippen LogP contribution in [0.3, 0.4) is 0 Å². The van der Waals surface area contributed by atoms with Gasteiger partial charge in [-0.1, -0.05) is 22.0 Å². The van der Waals surface area contributed by atoms with E-state index >= 15 is 0 Å². The second-order valence-corrected chi connectivity index (χ2v) is 5.88. The monoisotopic (exact) mass is 312 g/mol. The van der Waals surface area contributed by atoms with Gasteiger partial charge < -0.3 is 15.0 Å². The smallest absolute Gasteiger partial charge is 0.0726 e. The molecule has 18 heavy (non-hydrogen) atoms. The van der Waals surface area contributed by atoms with Crippen LogP contribution in [-0.4, -0.2) is 32.3 Å². The van der Waals surface area contributed by atoms with Crippen LogP contribution in [-0.2, 0) is 11.3 Å². The molecule has 2 atom stereocenters. The lowest BCUT2D eigenvalue weighted by atomic mass is 10.1. The Morgan fingerprint density at radius 3 is 2.61 bits per heavy atom. The van der Waals surface area contributed by atoms with Crippen LogP contribution in [0.5, 0.6) is 0 Å². The Balaban J connectivity index is 2.27. The van der Waals surface area contributed by atoms with Crippen LogP contribution >= 0.6 is 15.9 Å². The van der Waals surface area contributed by atoms with Crippen LogP contribution in [0.2, 0.25) is 0 Å². The molecule has 1 saturated heterocycles. The van der Waals surface area contributed by atoms with Crippen molar-refractivity contribution >= 4 is 21.6 Å². The van der Waals surface area contributed by atoms with E-state index in [9.17, 15) is 0 Å². The molecule has 0 bridgehead atoms. The summed E-state index contributed by atoms with van der Waals surface area (Å²) in [5, 5.41) is 3.23. The topological polar surface area (TPSA) is 24.5 Å². The number of hydrogen-bond acceptors (Lipinski definition) is 3. The quantitative estimate of drug-likeness (QED) is 0.929. The van der Waals surface area contributed by atoms with Crippen molar-refractivity contribution in [1.29, 1.82) is 0 Å². The van der Waals surface area contributed by atoms with Gasteiger partial charge in [-0.3, -0.25) is 0 Å². The fraction of sp³-hybridized carbons (Fsp3) is 0.571. The van der Waals surface area contributed by atoms with E-state index in [4.69, 9.17) is 4.74 Å². The van der Waals surface area contributed by atoms with Crippen LogP contribution in [0, 0.1) is 0 Å². The zero-order valence-electron chi connectivity index (χ0n) is 11.2. The summed E-state index contributed by atoms with van der Waals surface area (Å²) < 4.78 is 6.93. The molecule has 100 valence electrons. The van der Waals surface area contributed by atoms with Crippen LogP contribution in [0.4, 0.5) is 5.69 Å². The largest absolute Gasteiger partial charge is 0.372 e. The summed E-state index contributed by atoms with van der Waals surface area (Å²) >= 11 is 3.57. The fourth-order valence-electron chi connectivity index (χ4n) is 2.55. The number of benzene rings is 1. The Labute approximate surface area is 118 Å². The summed E-state index contributed by atoms with van der Waals surface area (Å²) in [7, 11) is 1.98. The van der Waals surface area contributed by atoms with Crippen LogP contribution in [0.15, 0.2) is 22.7 Å². The predicted octanol–water partition coefficient (Wildman–Crippen LogP) is 2.78. The molecule has 0 aliphatic carbocycles.